The van der Waals surface area contributed by atoms with Gasteiger partial charge >= 0.3 is 5.97 Å². The predicted molar refractivity (Wildman–Crippen MR) is 141 cm³/mol. The number of nitrogens with two attached hydrogens (primary N) is 1. The Kier molecular flexibility index (Phi) is 10.2. The average molecular weight is 512 g/mol. The zero-order chi connectivity index (χ0) is 26.8. The minimum Gasteiger partial charge on any atom is -0.495 e. The second-order valence-corrected chi connectivity index (χ2v) is 9.02. The third kappa shape index (κ3) is 7.18. The quantitative estimate of drug-likeness (QED) is 0.258. The number of rotatable bonds is 15. The van der Waals surface area contributed by atoms with Gasteiger partial charge in [-0.25, -0.2) is 0 Å². The highest BCUT2D eigenvalue weighted by Crippen LogP contribution is 2.39. The first-order chi connectivity index (χ1) is 17.9. The van der Waals surface area contributed by atoms with Gasteiger partial charge in [0.2, 0.25) is 0 Å². The first kappa shape index (κ1) is 27.9. The lowest BCUT2D eigenvalue weighted by molar-refractivity contribution is -0.137. The lowest BCUT2D eigenvalue weighted by atomic mass is 9.95. The first-order valence-corrected chi connectivity index (χ1v) is 12.8. The van der Waals surface area contributed by atoms with Crippen molar-refractivity contribution < 1.29 is 33.6 Å². The molecule has 1 heterocycles. The van der Waals surface area contributed by atoms with Gasteiger partial charge in [0, 0.05) is 24.0 Å². The van der Waals surface area contributed by atoms with Crippen molar-refractivity contribution in [1.82, 2.24) is 0 Å². The van der Waals surface area contributed by atoms with Gasteiger partial charge in [0.05, 0.1) is 32.0 Å². The van der Waals surface area contributed by atoms with Crippen molar-refractivity contribution in [2.45, 2.75) is 64.4 Å². The van der Waals surface area contributed by atoms with Crippen molar-refractivity contribution in [3.63, 3.8) is 0 Å². The minimum absolute atomic E-state index is 0.0921. The number of carboxylic acid groups (broad SMARTS) is 1. The number of hydrogen-bond acceptors (Lipinski definition) is 6. The average Bonchev–Trinajstić information content (AvgIpc) is 2.88. The Morgan fingerprint density at radius 2 is 1.86 bits per heavy atom. The molecule has 200 valence electrons. The second kappa shape index (κ2) is 13.6. The molecule has 1 aliphatic heterocycles. The highest BCUT2D eigenvalue weighted by molar-refractivity contribution is 5.96. The van der Waals surface area contributed by atoms with Crippen molar-refractivity contribution in [2.24, 2.45) is 5.73 Å². The van der Waals surface area contributed by atoms with Gasteiger partial charge in [-0.1, -0.05) is 25.5 Å². The van der Waals surface area contributed by atoms with E-state index in [2.05, 4.69) is 13.5 Å². The molecule has 1 atom stereocenters. The van der Waals surface area contributed by atoms with Crippen LogP contribution in [-0.2, 0) is 24.1 Å². The molecule has 1 aliphatic rings. The number of carboxylic acids is 1. The molecule has 1 amide bonds. The molecule has 0 aliphatic carbocycles. The Bertz CT molecular complexity index is 1110. The molecule has 2 aromatic carbocycles. The smallest absolute Gasteiger partial charge is 0.303 e. The van der Waals surface area contributed by atoms with Crippen LogP contribution in [0.2, 0.25) is 0 Å². The molecule has 0 saturated carbocycles. The van der Waals surface area contributed by atoms with Crippen molar-refractivity contribution in [1.29, 1.82) is 0 Å². The SMILES string of the molecule is C=CCc1c(OCCCOc2ccc3c(c2CCC)OC(CCC(=O)O)CC3)ccc(C(N)=O)c1OC. The van der Waals surface area contributed by atoms with Crippen molar-refractivity contribution in [3.8, 4) is 23.0 Å². The summed E-state index contributed by atoms with van der Waals surface area (Å²) in [6.07, 6.45) is 6.79. The number of ether oxygens (including phenoxy) is 4. The Hall–Kier alpha value is -3.68. The summed E-state index contributed by atoms with van der Waals surface area (Å²) in [6, 6.07) is 7.37. The Morgan fingerprint density at radius 1 is 1.16 bits per heavy atom. The van der Waals surface area contributed by atoms with Gasteiger partial charge in [-0.3, -0.25) is 9.59 Å². The molecule has 37 heavy (non-hydrogen) atoms. The zero-order valence-corrected chi connectivity index (χ0v) is 21.7. The van der Waals surface area contributed by atoms with Crippen molar-refractivity contribution in [3.05, 3.63) is 59.2 Å². The monoisotopic (exact) mass is 511 g/mol. The maximum absolute atomic E-state index is 11.8. The maximum atomic E-state index is 11.8. The number of carbonyl (C=O) groups is 2. The van der Waals surface area contributed by atoms with Gasteiger partial charge in [0.1, 0.15) is 23.0 Å². The van der Waals surface area contributed by atoms with Crippen LogP contribution in [0.4, 0.5) is 0 Å². The molecular formula is C29H37NO7. The molecular weight excluding hydrogens is 474 g/mol. The number of benzene rings is 2. The summed E-state index contributed by atoms with van der Waals surface area (Å²) in [5, 5.41) is 9.02. The molecule has 0 bridgehead atoms. The van der Waals surface area contributed by atoms with E-state index in [1.807, 2.05) is 12.1 Å². The van der Waals surface area contributed by atoms with Gasteiger partial charge in [0.15, 0.2) is 0 Å². The van der Waals surface area contributed by atoms with Gasteiger partial charge < -0.3 is 29.8 Å². The van der Waals surface area contributed by atoms with Crippen LogP contribution in [0.5, 0.6) is 23.0 Å². The minimum atomic E-state index is -0.804. The van der Waals surface area contributed by atoms with Crippen LogP contribution in [0.1, 0.15) is 66.1 Å². The number of fused-ring (bicyclic) bond motifs is 1. The number of aliphatic carboxylic acids is 1. The predicted octanol–water partition coefficient (Wildman–Crippen LogP) is 4.88. The van der Waals surface area contributed by atoms with Gasteiger partial charge in [-0.2, -0.15) is 0 Å². The summed E-state index contributed by atoms with van der Waals surface area (Å²) in [6.45, 7) is 6.75. The summed E-state index contributed by atoms with van der Waals surface area (Å²) in [4.78, 5) is 22.7. The molecule has 8 nitrogen and oxygen atoms in total. The number of carbonyl (C=O) groups excluding carboxylic acids is 1. The number of primary amides is 1. The first-order valence-electron chi connectivity index (χ1n) is 12.8. The van der Waals surface area contributed by atoms with Crippen LogP contribution in [0.25, 0.3) is 0 Å². The van der Waals surface area contributed by atoms with Crippen LogP contribution >= 0.6 is 0 Å². The molecule has 2 aromatic rings. The van der Waals surface area contributed by atoms with E-state index in [0.717, 1.165) is 53.9 Å². The number of allylic oxidation sites excluding steroid dienone is 1. The fourth-order valence-electron chi connectivity index (χ4n) is 4.59. The number of methoxy groups -OCH3 is 1. The zero-order valence-electron chi connectivity index (χ0n) is 21.7. The Morgan fingerprint density at radius 3 is 2.49 bits per heavy atom. The fraction of sp³-hybridized carbons (Fsp3) is 0.448. The Balaban J connectivity index is 1.64. The van der Waals surface area contributed by atoms with Gasteiger partial charge in [-0.15, -0.1) is 6.58 Å². The van der Waals surface area contributed by atoms with Gasteiger partial charge in [0.25, 0.3) is 5.91 Å². The fourth-order valence-corrected chi connectivity index (χ4v) is 4.59. The molecule has 0 aromatic heterocycles. The molecule has 8 heteroatoms. The summed E-state index contributed by atoms with van der Waals surface area (Å²) in [5.41, 5.74) is 8.70. The Labute approximate surface area is 218 Å². The molecule has 0 saturated heterocycles. The number of aryl methyl sites for hydroxylation is 1. The third-order valence-corrected chi connectivity index (χ3v) is 6.34. The largest absolute Gasteiger partial charge is 0.495 e. The standard InChI is InChI=1S/C29H37NO7/c1-4-7-21-24(14-10-19-9-11-20(37-27(19)21)12-16-26(31)32)35-17-6-18-36-25-15-13-23(29(30)33)28(34-3)22(25)8-5-2/h5,10,13-15,20H,2,4,6-9,11-12,16-18H2,1,3H3,(H2,30,33)(H,31,32). The van der Waals surface area contributed by atoms with E-state index < -0.39 is 11.9 Å². The van der Waals surface area contributed by atoms with E-state index >= 15 is 0 Å². The normalized spacial score (nSPS) is 14.3. The van der Waals surface area contributed by atoms with E-state index in [0.29, 0.717) is 49.5 Å². The molecule has 0 fully saturated rings. The van der Waals surface area contributed by atoms with Crippen LogP contribution in [0, 0.1) is 0 Å². The lowest BCUT2D eigenvalue weighted by Crippen LogP contribution is -2.24. The highest BCUT2D eigenvalue weighted by atomic mass is 16.5. The molecule has 1 unspecified atom stereocenters. The molecule has 3 rings (SSSR count). The van der Waals surface area contributed by atoms with E-state index in [-0.39, 0.29) is 12.5 Å². The van der Waals surface area contributed by atoms with Crippen molar-refractivity contribution in [2.75, 3.05) is 20.3 Å². The number of hydrogen-bond donors (Lipinski definition) is 2. The number of amides is 1. The van der Waals surface area contributed by atoms with E-state index in [9.17, 15) is 9.59 Å². The molecule has 0 spiro atoms. The van der Waals surface area contributed by atoms with E-state index in [4.69, 9.17) is 29.8 Å². The van der Waals surface area contributed by atoms with Crippen LogP contribution in [0.15, 0.2) is 36.9 Å². The van der Waals surface area contributed by atoms with E-state index in [1.165, 1.54) is 7.11 Å². The van der Waals surface area contributed by atoms with Gasteiger partial charge in [-0.05, 0) is 55.9 Å². The molecule has 0 radical (unpaired) electrons. The summed E-state index contributed by atoms with van der Waals surface area (Å²) in [7, 11) is 1.50. The van der Waals surface area contributed by atoms with E-state index in [1.54, 1.807) is 18.2 Å². The third-order valence-electron chi connectivity index (χ3n) is 6.34. The molecule has 3 N–H and O–H groups in total. The summed E-state index contributed by atoms with van der Waals surface area (Å²) in [5.74, 6) is 1.30. The van der Waals surface area contributed by atoms with Crippen LogP contribution in [0.3, 0.4) is 0 Å². The summed E-state index contributed by atoms with van der Waals surface area (Å²) < 4.78 is 23.8. The van der Waals surface area contributed by atoms with Crippen molar-refractivity contribution >= 4 is 11.9 Å². The topological polar surface area (TPSA) is 117 Å². The van der Waals surface area contributed by atoms with Crippen LogP contribution in [-0.4, -0.2) is 43.4 Å². The highest BCUT2D eigenvalue weighted by Gasteiger charge is 2.25. The second-order valence-electron chi connectivity index (χ2n) is 9.02. The van der Waals surface area contributed by atoms with Crippen LogP contribution < -0.4 is 24.7 Å². The summed E-state index contributed by atoms with van der Waals surface area (Å²) >= 11 is 0. The maximum Gasteiger partial charge on any atom is 0.303 e. The lowest BCUT2D eigenvalue weighted by Gasteiger charge is -2.29.